The third-order valence-electron chi connectivity index (χ3n) is 3.41. The maximum atomic E-state index is 5.88. The summed E-state index contributed by atoms with van der Waals surface area (Å²) in [6, 6.07) is 8.09. The van der Waals surface area contributed by atoms with Crippen LogP contribution in [0.3, 0.4) is 0 Å². The van der Waals surface area contributed by atoms with Crippen molar-refractivity contribution in [1.82, 2.24) is 10.1 Å². The number of benzene rings is 1. The highest BCUT2D eigenvalue weighted by atomic mass is 16.5. The second-order valence-corrected chi connectivity index (χ2v) is 5.20. The molecule has 3 rings (SSSR count). The third kappa shape index (κ3) is 3.59. The van der Waals surface area contributed by atoms with Crippen LogP contribution in [0.5, 0.6) is 0 Å². The zero-order valence-corrected chi connectivity index (χ0v) is 12.0. The van der Waals surface area contributed by atoms with Crippen molar-refractivity contribution < 1.29 is 4.52 Å². The van der Waals surface area contributed by atoms with Gasteiger partial charge in [0.1, 0.15) is 6.54 Å². The number of hydrogen-bond acceptors (Lipinski definition) is 4. The minimum atomic E-state index is 0.322. The van der Waals surface area contributed by atoms with Crippen LogP contribution in [0.4, 0.5) is 5.69 Å². The van der Waals surface area contributed by atoms with E-state index in [2.05, 4.69) is 39.5 Å². The summed E-state index contributed by atoms with van der Waals surface area (Å²) in [5, 5.41) is 6.98. The maximum absolute atomic E-state index is 5.88. The predicted molar refractivity (Wildman–Crippen MR) is 81.0 cm³/mol. The van der Waals surface area contributed by atoms with Crippen LogP contribution in [0.2, 0.25) is 0 Å². The number of hydrogen-bond donors (Lipinski definition) is 2. The number of guanidine groups is 1. The van der Waals surface area contributed by atoms with Gasteiger partial charge in [-0.15, -0.1) is 0 Å². The highest BCUT2D eigenvalue weighted by Gasteiger charge is 2.29. The molecule has 1 heterocycles. The Balaban J connectivity index is 1.59. The van der Waals surface area contributed by atoms with E-state index < -0.39 is 0 Å². The summed E-state index contributed by atoms with van der Waals surface area (Å²) in [4.78, 5) is 8.55. The van der Waals surface area contributed by atoms with Gasteiger partial charge in [0.05, 0.1) is 0 Å². The molecule has 2 aromatic rings. The fourth-order valence-electron chi connectivity index (χ4n) is 2.04. The van der Waals surface area contributed by atoms with E-state index in [-0.39, 0.29) is 0 Å². The molecule has 0 amide bonds. The summed E-state index contributed by atoms with van der Waals surface area (Å²) in [6.45, 7) is 2.44. The van der Waals surface area contributed by atoms with Crippen molar-refractivity contribution >= 4 is 11.6 Å². The lowest BCUT2D eigenvalue weighted by Gasteiger charge is -2.06. The van der Waals surface area contributed by atoms with Crippen LogP contribution in [0.15, 0.2) is 33.8 Å². The molecular formula is C15H19N5O. The van der Waals surface area contributed by atoms with Crippen LogP contribution in [-0.2, 0) is 13.0 Å². The lowest BCUT2D eigenvalue weighted by atomic mass is 10.1. The summed E-state index contributed by atoms with van der Waals surface area (Å²) < 4.78 is 5.18. The van der Waals surface area contributed by atoms with Gasteiger partial charge in [0.25, 0.3) is 0 Å². The van der Waals surface area contributed by atoms with Gasteiger partial charge in [-0.1, -0.05) is 24.2 Å². The molecule has 6 nitrogen and oxygen atoms in total. The van der Waals surface area contributed by atoms with Crippen LogP contribution < -0.4 is 11.1 Å². The molecular weight excluding hydrogens is 266 g/mol. The van der Waals surface area contributed by atoms with E-state index in [4.69, 9.17) is 10.3 Å². The Kier molecular flexibility index (Phi) is 3.85. The normalized spacial score (nSPS) is 15.2. The largest absolute Gasteiger partial charge is 0.370 e. The molecule has 1 saturated carbocycles. The van der Waals surface area contributed by atoms with Gasteiger partial charge in [-0.25, -0.2) is 4.99 Å². The molecule has 0 aliphatic heterocycles. The Morgan fingerprint density at radius 1 is 1.48 bits per heavy atom. The quantitative estimate of drug-likeness (QED) is 0.650. The third-order valence-corrected chi connectivity index (χ3v) is 3.41. The zero-order chi connectivity index (χ0) is 14.7. The lowest BCUT2D eigenvalue weighted by molar-refractivity contribution is 0.374. The van der Waals surface area contributed by atoms with Gasteiger partial charge >= 0.3 is 0 Å². The first-order valence-electron chi connectivity index (χ1n) is 7.23. The van der Waals surface area contributed by atoms with Crippen LogP contribution in [0, 0.1) is 0 Å². The van der Waals surface area contributed by atoms with Gasteiger partial charge in [0.15, 0.2) is 11.8 Å². The number of aryl methyl sites for hydroxylation is 1. The lowest BCUT2D eigenvalue weighted by Crippen LogP contribution is -2.22. The molecule has 0 unspecified atom stereocenters. The van der Waals surface area contributed by atoms with Crippen molar-refractivity contribution in [3.8, 4) is 0 Å². The first-order valence-corrected chi connectivity index (χ1v) is 7.23. The number of aromatic nitrogens is 2. The van der Waals surface area contributed by atoms with E-state index >= 15 is 0 Å². The first-order chi connectivity index (χ1) is 10.2. The zero-order valence-electron chi connectivity index (χ0n) is 12.0. The van der Waals surface area contributed by atoms with Crippen molar-refractivity contribution in [2.75, 3.05) is 5.32 Å². The molecule has 1 fully saturated rings. The number of nitrogens with one attached hydrogen (secondary N) is 1. The summed E-state index contributed by atoms with van der Waals surface area (Å²) >= 11 is 0. The summed E-state index contributed by atoms with van der Waals surface area (Å²) in [5.74, 6) is 2.11. The number of aliphatic imine (C=N–C) groups is 1. The molecule has 0 saturated heterocycles. The maximum Gasteiger partial charge on any atom is 0.229 e. The van der Waals surface area contributed by atoms with Gasteiger partial charge in [-0.2, -0.15) is 4.98 Å². The molecule has 1 aromatic carbocycles. The Hall–Kier alpha value is -2.37. The van der Waals surface area contributed by atoms with Gasteiger partial charge in [0.2, 0.25) is 5.89 Å². The van der Waals surface area contributed by atoms with Gasteiger partial charge in [-0.3, -0.25) is 0 Å². The molecule has 21 heavy (non-hydrogen) atoms. The monoisotopic (exact) mass is 285 g/mol. The number of anilines is 1. The van der Waals surface area contributed by atoms with Crippen molar-refractivity contribution in [2.45, 2.75) is 38.6 Å². The van der Waals surface area contributed by atoms with Crippen LogP contribution in [-0.4, -0.2) is 16.1 Å². The van der Waals surface area contributed by atoms with Crippen molar-refractivity contribution in [1.29, 1.82) is 0 Å². The Morgan fingerprint density at radius 2 is 2.33 bits per heavy atom. The van der Waals surface area contributed by atoms with E-state index in [1.54, 1.807) is 0 Å². The molecule has 0 spiro atoms. The van der Waals surface area contributed by atoms with Gasteiger partial charge in [-0.05, 0) is 37.0 Å². The SMILES string of the molecule is CCc1cccc(NC(N)=NCc2noc(C3CC3)n2)c1. The van der Waals surface area contributed by atoms with Gasteiger partial charge in [0, 0.05) is 11.6 Å². The minimum Gasteiger partial charge on any atom is -0.370 e. The average Bonchev–Trinajstić information content (AvgIpc) is 3.24. The molecule has 6 heteroatoms. The summed E-state index contributed by atoms with van der Waals surface area (Å²) in [5.41, 5.74) is 8.06. The Bertz CT molecular complexity index is 645. The van der Waals surface area contributed by atoms with Crippen LogP contribution in [0.25, 0.3) is 0 Å². The number of nitrogens with two attached hydrogens (primary N) is 1. The highest BCUT2D eigenvalue weighted by molar-refractivity contribution is 5.92. The molecule has 0 atom stereocenters. The van der Waals surface area contributed by atoms with E-state index in [1.807, 2.05) is 12.1 Å². The van der Waals surface area contributed by atoms with E-state index in [0.717, 1.165) is 30.8 Å². The molecule has 1 aliphatic carbocycles. The smallest absolute Gasteiger partial charge is 0.229 e. The van der Waals surface area contributed by atoms with Crippen LogP contribution >= 0.6 is 0 Å². The average molecular weight is 285 g/mol. The molecule has 110 valence electrons. The van der Waals surface area contributed by atoms with Crippen molar-refractivity contribution in [3.05, 3.63) is 41.5 Å². The summed E-state index contributed by atoms with van der Waals surface area (Å²) in [7, 11) is 0. The Morgan fingerprint density at radius 3 is 3.10 bits per heavy atom. The van der Waals surface area contributed by atoms with E-state index in [0.29, 0.717) is 24.2 Å². The topological polar surface area (TPSA) is 89.3 Å². The fraction of sp³-hybridized carbons (Fsp3) is 0.400. The molecule has 1 aromatic heterocycles. The highest BCUT2D eigenvalue weighted by Crippen LogP contribution is 2.38. The van der Waals surface area contributed by atoms with E-state index in [9.17, 15) is 0 Å². The molecule has 3 N–H and O–H groups in total. The first kappa shape index (κ1) is 13.6. The van der Waals surface area contributed by atoms with Crippen LogP contribution in [0.1, 0.15) is 43.0 Å². The van der Waals surface area contributed by atoms with Crippen molar-refractivity contribution in [3.63, 3.8) is 0 Å². The second kappa shape index (κ2) is 5.95. The summed E-state index contributed by atoms with van der Waals surface area (Å²) in [6.07, 6.45) is 3.27. The fourth-order valence-corrected chi connectivity index (χ4v) is 2.04. The second-order valence-electron chi connectivity index (χ2n) is 5.20. The predicted octanol–water partition coefficient (Wildman–Crippen LogP) is 2.44. The number of nitrogens with zero attached hydrogens (tertiary/aromatic N) is 3. The van der Waals surface area contributed by atoms with E-state index in [1.165, 1.54) is 5.56 Å². The minimum absolute atomic E-state index is 0.322. The number of rotatable bonds is 5. The molecule has 1 aliphatic rings. The van der Waals surface area contributed by atoms with Crippen molar-refractivity contribution in [2.24, 2.45) is 10.7 Å². The molecule has 0 bridgehead atoms. The van der Waals surface area contributed by atoms with Gasteiger partial charge < -0.3 is 15.6 Å². The standard InChI is InChI=1S/C15H19N5O/c1-2-10-4-3-5-12(8-10)18-15(16)17-9-13-19-14(21-20-13)11-6-7-11/h3-5,8,11H,2,6-7,9H2,1H3,(H3,16,17,18). The molecule has 0 radical (unpaired) electrons. The Labute approximate surface area is 123 Å².